The summed E-state index contributed by atoms with van der Waals surface area (Å²) >= 11 is 4.27. The van der Waals surface area contributed by atoms with E-state index < -0.39 is 0 Å². The van der Waals surface area contributed by atoms with Crippen LogP contribution < -0.4 is 10.6 Å². The number of nitrogens with zero attached hydrogens (tertiary/aromatic N) is 1. The summed E-state index contributed by atoms with van der Waals surface area (Å²) in [4.78, 5) is 13.8. The van der Waals surface area contributed by atoms with Gasteiger partial charge in [-0.15, -0.1) is 0 Å². The Labute approximate surface area is 107 Å². The lowest BCUT2D eigenvalue weighted by atomic mass is 10.1. The molecular weight excluding hydrogens is 232 g/mol. The number of amides is 1. The molecule has 92 valence electrons. The van der Waals surface area contributed by atoms with Gasteiger partial charge in [0, 0.05) is 24.3 Å². The second-order valence-electron chi connectivity index (χ2n) is 4.75. The first-order chi connectivity index (χ1) is 8.02. The number of hydrogen-bond donors (Lipinski definition) is 2. The third-order valence-electron chi connectivity index (χ3n) is 3.34. The van der Waals surface area contributed by atoms with Crippen LogP contribution in [-0.4, -0.2) is 18.2 Å². The first kappa shape index (κ1) is 12.3. The lowest BCUT2D eigenvalue weighted by molar-refractivity contribution is -0.117. The van der Waals surface area contributed by atoms with Gasteiger partial charge < -0.3 is 10.6 Å². The molecule has 4 heteroatoms. The number of carbonyl (C=O) groups excluding carboxylic acids is 1. The van der Waals surface area contributed by atoms with E-state index in [1.165, 1.54) is 0 Å². The second kappa shape index (κ2) is 4.61. The molecule has 1 aliphatic heterocycles. The lowest BCUT2D eigenvalue weighted by Gasteiger charge is -2.20. The molecule has 1 amide bonds. The van der Waals surface area contributed by atoms with E-state index in [0.717, 1.165) is 34.8 Å². The maximum absolute atomic E-state index is 12.0. The smallest absolute Gasteiger partial charge is 0.227 e. The molecule has 1 atom stereocenters. The van der Waals surface area contributed by atoms with E-state index >= 15 is 0 Å². The predicted octanol–water partition coefficient (Wildman–Crippen LogP) is 2.17. The van der Waals surface area contributed by atoms with Crippen LogP contribution in [-0.2, 0) is 4.79 Å². The molecule has 0 bridgehead atoms. The number of anilines is 2. The highest BCUT2D eigenvalue weighted by Gasteiger charge is 2.30. The van der Waals surface area contributed by atoms with Crippen molar-refractivity contribution in [3.05, 3.63) is 23.3 Å². The van der Waals surface area contributed by atoms with Crippen molar-refractivity contribution in [2.24, 2.45) is 5.92 Å². The molecule has 1 fully saturated rings. The monoisotopic (exact) mass is 250 g/mol. The number of carbonyl (C=O) groups is 1. The molecule has 1 aliphatic rings. The average Bonchev–Trinajstić information content (AvgIpc) is 2.65. The Hall–Kier alpha value is -1.16. The topological polar surface area (TPSA) is 46.3 Å². The fourth-order valence-corrected chi connectivity index (χ4v) is 2.50. The standard InChI is InChI=1S/C13H18N2OS/c1-8-4-12(9(2)3-11(8)14)15-6-10(7-17)5-13(15)16/h3-4,10,17H,5-7,14H2,1-2H3. The maximum atomic E-state index is 12.0. The highest BCUT2D eigenvalue weighted by Crippen LogP contribution is 2.31. The molecule has 3 nitrogen and oxygen atoms in total. The van der Waals surface area contributed by atoms with E-state index in [2.05, 4.69) is 12.6 Å². The molecule has 17 heavy (non-hydrogen) atoms. The van der Waals surface area contributed by atoms with Gasteiger partial charge in [-0.05, 0) is 48.8 Å². The summed E-state index contributed by atoms with van der Waals surface area (Å²) in [5, 5.41) is 0. The van der Waals surface area contributed by atoms with Gasteiger partial charge in [-0.2, -0.15) is 12.6 Å². The van der Waals surface area contributed by atoms with Crippen molar-refractivity contribution in [2.45, 2.75) is 20.3 Å². The molecule has 2 rings (SSSR count). The largest absolute Gasteiger partial charge is 0.399 e. The summed E-state index contributed by atoms with van der Waals surface area (Å²) in [6.07, 6.45) is 0.604. The Morgan fingerprint density at radius 1 is 1.41 bits per heavy atom. The van der Waals surface area contributed by atoms with E-state index in [1.54, 1.807) is 0 Å². The van der Waals surface area contributed by atoms with Gasteiger partial charge in [-0.3, -0.25) is 4.79 Å². The molecule has 0 spiro atoms. The zero-order valence-electron chi connectivity index (χ0n) is 10.2. The Kier molecular flexibility index (Phi) is 3.33. The van der Waals surface area contributed by atoms with Crippen molar-refractivity contribution in [1.82, 2.24) is 0 Å². The van der Waals surface area contributed by atoms with Gasteiger partial charge in [0.1, 0.15) is 0 Å². The Morgan fingerprint density at radius 2 is 2.12 bits per heavy atom. The minimum absolute atomic E-state index is 0.191. The SMILES string of the molecule is Cc1cc(N2CC(CS)CC2=O)c(C)cc1N. The van der Waals surface area contributed by atoms with Gasteiger partial charge in [0.2, 0.25) is 5.91 Å². The summed E-state index contributed by atoms with van der Waals surface area (Å²) in [5.41, 5.74) is 9.71. The summed E-state index contributed by atoms with van der Waals surface area (Å²) in [5.74, 6) is 1.31. The van der Waals surface area contributed by atoms with Crippen molar-refractivity contribution < 1.29 is 4.79 Å². The molecule has 1 heterocycles. The zero-order valence-corrected chi connectivity index (χ0v) is 11.1. The van der Waals surface area contributed by atoms with E-state index in [-0.39, 0.29) is 5.91 Å². The van der Waals surface area contributed by atoms with Gasteiger partial charge in [0.15, 0.2) is 0 Å². The average molecular weight is 250 g/mol. The predicted molar refractivity (Wildman–Crippen MR) is 74.6 cm³/mol. The number of nitrogens with two attached hydrogens (primary N) is 1. The van der Waals surface area contributed by atoms with Crippen molar-refractivity contribution >= 4 is 29.9 Å². The number of hydrogen-bond acceptors (Lipinski definition) is 3. The van der Waals surface area contributed by atoms with Crippen LogP contribution >= 0.6 is 12.6 Å². The molecule has 1 aromatic carbocycles. The fraction of sp³-hybridized carbons (Fsp3) is 0.462. The van der Waals surface area contributed by atoms with Crippen LogP contribution in [0.1, 0.15) is 17.5 Å². The maximum Gasteiger partial charge on any atom is 0.227 e. The Balaban J connectivity index is 2.35. The van der Waals surface area contributed by atoms with Crippen LogP contribution in [0.3, 0.4) is 0 Å². The van der Waals surface area contributed by atoms with Gasteiger partial charge in [0.25, 0.3) is 0 Å². The third kappa shape index (κ3) is 2.27. The summed E-state index contributed by atoms with van der Waals surface area (Å²) in [6.45, 7) is 4.73. The summed E-state index contributed by atoms with van der Waals surface area (Å²) < 4.78 is 0. The van der Waals surface area contributed by atoms with Crippen LogP contribution in [0, 0.1) is 19.8 Å². The minimum atomic E-state index is 0.191. The molecule has 2 N–H and O–H groups in total. The number of aryl methyl sites for hydroxylation is 2. The summed E-state index contributed by atoms with van der Waals surface area (Å²) in [6, 6.07) is 3.94. The zero-order chi connectivity index (χ0) is 12.6. The molecule has 0 aliphatic carbocycles. The van der Waals surface area contributed by atoms with E-state index in [0.29, 0.717) is 12.3 Å². The van der Waals surface area contributed by atoms with E-state index in [9.17, 15) is 4.79 Å². The van der Waals surface area contributed by atoms with Gasteiger partial charge >= 0.3 is 0 Å². The van der Waals surface area contributed by atoms with Crippen LogP contribution in [0.5, 0.6) is 0 Å². The number of thiol groups is 1. The first-order valence-electron chi connectivity index (χ1n) is 5.81. The van der Waals surface area contributed by atoms with Crippen LogP contribution in [0.15, 0.2) is 12.1 Å². The van der Waals surface area contributed by atoms with Gasteiger partial charge in [0.05, 0.1) is 0 Å². The molecule has 0 saturated carbocycles. The molecular formula is C13H18N2OS. The molecule has 0 radical (unpaired) electrons. The van der Waals surface area contributed by atoms with Gasteiger partial charge in [-0.25, -0.2) is 0 Å². The highest BCUT2D eigenvalue weighted by atomic mass is 32.1. The van der Waals surface area contributed by atoms with Gasteiger partial charge in [-0.1, -0.05) is 0 Å². The molecule has 0 aromatic heterocycles. The van der Waals surface area contributed by atoms with Crippen LogP contribution in [0.2, 0.25) is 0 Å². The Bertz CT molecular complexity index is 459. The van der Waals surface area contributed by atoms with Crippen molar-refractivity contribution in [3.8, 4) is 0 Å². The third-order valence-corrected chi connectivity index (χ3v) is 3.86. The number of nitrogen functional groups attached to an aromatic ring is 1. The molecule has 1 saturated heterocycles. The van der Waals surface area contributed by atoms with E-state index in [4.69, 9.17) is 5.73 Å². The molecule has 1 unspecified atom stereocenters. The minimum Gasteiger partial charge on any atom is -0.399 e. The summed E-state index contributed by atoms with van der Waals surface area (Å²) in [7, 11) is 0. The van der Waals surface area contributed by atoms with Crippen molar-refractivity contribution in [3.63, 3.8) is 0 Å². The van der Waals surface area contributed by atoms with Crippen molar-refractivity contribution in [2.75, 3.05) is 22.9 Å². The fourth-order valence-electron chi connectivity index (χ4n) is 2.25. The normalized spacial score (nSPS) is 20.1. The number of rotatable bonds is 2. The van der Waals surface area contributed by atoms with Crippen LogP contribution in [0.4, 0.5) is 11.4 Å². The quantitative estimate of drug-likeness (QED) is 0.624. The second-order valence-corrected chi connectivity index (χ2v) is 5.12. The molecule has 1 aromatic rings. The first-order valence-corrected chi connectivity index (χ1v) is 6.44. The van der Waals surface area contributed by atoms with Crippen LogP contribution in [0.25, 0.3) is 0 Å². The van der Waals surface area contributed by atoms with Crippen molar-refractivity contribution in [1.29, 1.82) is 0 Å². The highest BCUT2D eigenvalue weighted by molar-refractivity contribution is 7.80. The Morgan fingerprint density at radius 3 is 2.71 bits per heavy atom. The number of benzene rings is 1. The van der Waals surface area contributed by atoms with E-state index in [1.807, 2.05) is 30.9 Å². The lowest BCUT2D eigenvalue weighted by Crippen LogP contribution is -2.25.